The molecule has 0 aliphatic carbocycles. The first-order valence-corrected chi connectivity index (χ1v) is 4.95. The third-order valence-corrected chi connectivity index (χ3v) is 2.09. The first-order valence-electron chi connectivity index (χ1n) is 3.56. The number of nitrogens with zero attached hydrogens (tertiary/aromatic N) is 1. The standard InChI is InChI=1S/C8H8FNO2S/c1-13-5-6-2-7(9)4-8(3-6)10(11)12/h2-4H,5H2,1H3. The largest absolute Gasteiger partial charge is 0.272 e. The Labute approximate surface area is 79.1 Å². The van der Waals surface area contributed by atoms with Gasteiger partial charge in [0.25, 0.3) is 5.69 Å². The molecule has 5 heteroatoms. The third-order valence-electron chi connectivity index (χ3n) is 1.46. The highest BCUT2D eigenvalue weighted by Crippen LogP contribution is 2.18. The van der Waals surface area contributed by atoms with Gasteiger partial charge in [-0.2, -0.15) is 11.8 Å². The van der Waals surface area contributed by atoms with Crippen molar-refractivity contribution in [2.45, 2.75) is 5.75 Å². The first-order chi connectivity index (χ1) is 6.13. The van der Waals surface area contributed by atoms with E-state index in [0.717, 1.165) is 6.07 Å². The molecule has 0 spiro atoms. The number of hydrogen-bond donors (Lipinski definition) is 0. The predicted molar refractivity (Wildman–Crippen MR) is 50.3 cm³/mol. The van der Waals surface area contributed by atoms with Crippen LogP contribution in [-0.2, 0) is 5.75 Å². The SMILES string of the molecule is CSCc1cc(F)cc([N+](=O)[O-])c1. The van der Waals surface area contributed by atoms with Crippen LogP contribution in [0.5, 0.6) is 0 Å². The number of rotatable bonds is 3. The normalized spacial score (nSPS) is 10.0. The molecule has 0 bridgehead atoms. The maximum Gasteiger partial charge on any atom is 0.272 e. The minimum Gasteiger partial charge on any atom is -0.258 e. The summed E-state index contributed by atoms with van der Waals surface area (Å²) in [6.45, 7) is 0. The van der Waals surface area contributed by atoms with Crippen molar-refractivity contribution in [3.63, 3.8) is 0 Å². The molecule has 0 saturated carbocycles. The summed E-state index contributed by atoms with van der Waals surface area (Å²) in [4.78, 5) is 9.75. The molecule has 1 rings (SSSR count). The summed E-state index contributed by atoms with van der Waals surface area (Å²) in [6, 6.07) is 3.62. The first kappa shape index (κ1) is 9.98. The van der Waals surface area contributed by atoms with Crippen LogP contribution in [0, 0.1) is 15.9 Å². The van der Waals surface area contributed by atoms with Gasteiger partial charge in [0.2, 0.25) is 0 Å². The second-order valence-electron chi connectivity index (χ2n) is 2.51. The van der Waals surface area contributed by atoms with Crippen molar-refractivity contribution in [1.82, 2.24) is 0 Å². The summed E-state index contributed by atoms with van der Waals surface area (Å²) in [5.74, 6) is 0.0248. The average molecular weight is 201 g/mol. The van der Waals surface area contributed by atoms with Gasteiger partial charge >= 0.3 is 0 Å². The zero-order valence-electron chi connectivity index (χ0n) is 6.99. The summed E-state index contributed by atoms with van der Waals surface area (Å²) in [5.41, 5.74) is 0.447. The van der Waals surface area contributed by atoms with Crippen LogP contribution in [0.2, 0.25) is 0 Å². The molecule has 1 aromatic rings. The maximum absolute atomic E-state index is 12.8. The fourth-order valence-corrected chi connectivity index (χ4v) is 1.49. The second-order valence-corrected chi connectivity index (χ2v) is 3.37. The van der Waals surface area contributed by atoms with E-state index < -0.39 is 10.7 Å². The Bertz CT molecular complexity index is 330. The van der Waals surface area contributed by atoms with E-state index in [1.807, 2.05) is 6.26 Å². The molecule has 0 heterocycles. The number of nitro benzene ring substituents is 1. The van der Waals surface area contributed by atoms with E-state index in [-0.39, 0.29) is 5.69 Å². The number of hydrogen-bond acceptors (Lipinski definition) is 3. The van der Waals surface area contributed by atoms with Gasteiger partial charge in [-0.05, 0) is 17.9 Å². The minimum atomic E-state index is -0.590. The van der Waals surface area contributed by atoms with Gasteiger partial charge < -0.3 is 0 Å². The van der Waals surface area contributed by atoms with E-state index in [2.05, 4.69) is 0 Å². The van der Waals surface area contributed by atoms with Gasteiger partial charge in [0, 0.05) is 11.8 Å². The van der Waals surface area contributed by atoms with Crippen LogP contribution < -0.4 is 0 Å². The molecule has 0 N–H and O–H groups in total. The van der Waals surface area contributed by atoms with Crippen molar-refractivity contribution in [3.05, 3.63) is 39.7 Å². The Morgan fingerprint density at radius 1 is 1.54 bits per heavy atom. The molecule has 0 atom stereocenters. The average Bonchev–Trinajstić information content (AvgIpc) is 2.03. The molecule has 0 aliphatic rings. The quantitative estimate of drug-likeness (QED) is 0.557. The van der Waals surface area contributed by atoms with E-state index in [1.165, 1.54) is 23.9 Å². The molecule has 13 heavy (non-hydrogen) atoms. The van der Waals surface area contributed by atoms with Crippen LogP contribution in [0.25, 0.3) is 0 Å². The summed E-state index contributed by atoms with van der Waals surface area (Å²) in [5, 5.41) is 10.3. The van der Waals surface area contributed by atoms with Gasteiger partial charge in [0.05, 0.1) is 11.0 Å². The summed E-state index contributed by atoms with van der Waals surface area (Å²) in [7, 11) is 0. The molecule has 0 saturated heterocycles. The van der Waals surface area contributed by atoms with E-state index >= 15 is 0 Å². The lowest BCUT2D eigenvalue weighted by Crippen LogP contribution is -1.91. The zero-order chi connectivity index (χ0) is 9.84. The van der Waals surface area contributed by atoms with Crippen molar-refractivity contribution in [1.29, 1.82) is 0 Å². The van der Waals surface area contributed by atoms with Crippen LogP contribution in [-0.4, -0.2) is 11.2 Å². The van der Waals surface area contributed by atoms with Gasteiger partial charge in [0.15, 0.2) is 0 Å². The molecular weight excluding hydrogens is 193 g/mol. The Balaban J connectivity index is 3.03. The lowest BCUT2D eigenvalue weighted by Gasteiger charge is -1.98. The van der Waals surface area contributed by atoms with Gasteiger partial charge in [-0.25, -0.2) is 4.39 Å². The molecular formula is C8H8FNO2S. The van der Waals surface area contributed by atoms with E-state index in [9.17, 15) is 14.5 Å². The molecule has 70 valence electrons. The molecule has 0 fully saturated rings. The number of thioether (sulfide) groups is 1. The Hall–Kier alpha value is -1.10. The van der Waals surface area contributed by atoms with E-state index in [4.69, 9.17) is 0 Å². The molecule has 0 unspecified atom stereocenters. The van der Waals surface area contributed by atoms with Gasteiger partial charge in [-0.1, -0.05) is 0 Å². The van der Waals surface area contributed by atoms with Crippen molar-refractivity contribution in [2.75, 3.05) is 6.26 Å². The Morgan fingerprint density at radius 2 is 2.23 bits per heavy atom. The second kappa shape index (κ2) is 4.23. The molecule has 0 amide bonds. The Morgan fingerprint density at radius 3 is 2.77 bits per heavy atom. The highest BCUT2D eigenvalue weighted by atomic mass is 32.2. The highest BCUT2D eigenvalue weighted by molar-refractivity contribution is 7.97. The minimum absolute atomic E-state index is 0.191. The smallest absolute Gasteiger partial charge is 0.258 e. The van der Waals surface area contributed by atoms with Gasteiger partial charge in [0.1, 0.15) is 5.82 Å². The molecule has 1 aromatic carbocycles. The summed E-state index contributed by atoms with van der Waals surface area (Å²) < 4.78 is 12.8. The van der Waals surface area contributed by atoms with E-state index in [1.54, 1.807) is 0 Å². The zero-order valence-corrected chi connectivity index (χ0v) is 7.81. The summed E-state index contributed by atoms with van der Waals surface area (Å²) in [6.07, 6.45) is 1.86. The topological polar surface area (TPSA) is 43.1 Å². The van der Waals surface area contributed by atoms with Crippen LogP contribution in [0.4, 0.5) is 10.1 Å². The fourth-order valence-electron chi connectivity index (χ4n) is 0.989. The van der Waals surface area contributed by atoms with Crippen LogP contribution in [0.3, 0.4) is 0 Å². The lowest BCUT2D eigenvalue weighted by atomic mass is 10.2. The number of halogens is 1. The molecule has 0 aromatic heterocycles. The van der Waals surface area contributed by atoms with Crippen molar-refractivity contribution < 1.29 is 9.31 Å². The predicted octanol–water partition coefficient (Wildman–Crippen LogP) is 2.60. The number of benzene rings is 1. The van der Waals surface area contributed by atoms with Gasteiger partial charge in [-0.15, -0.1) is 0 Å². The Kier molecular flexibility index (Phi) is 3.25. The monoisotopic (exact) mass is 201 g/mol. The van der Waals surface area contributed by atoms with Crippen molar-refractivity contribution in [3.8, 4) is 0 Å². The fraction of sp³-hybridized carbons (Fsp3) is 0.250. The molecule has 3 nitrogen and oxygen atoms in total. The van der Waals surface area contributed by atoms with Crippen LogP contribution in [0.1, 0.15) is 5.56 Å². The lowest BCUT2D eigenvalue weighted by molar-refractivity contribution is -0.385. The number of nitro groups is 1. The number of non-ortho nitro benzene ring substituents is 1. The molecule has 0 aliphatic heterocycles. The third kappa shape index (κ3) is 2.69. The highest BCUT2D eigenvalue weighted by Gasteiger charge is 2.08. The van der Waals surface area contributed by atoms with Crippen LogP contribution >= 0.6 is 11.8 Å². The maximum atomic E-state index is 12.8. The van der Waals surface area contributed by atoms with Crippen molar-refractivity contribution >= 4 is 17.4 Å². The van der Waals surface area contributed by atoms with Crippen LogP contribution in [0.15, 0.2) is 18.2 Å². The molecule has 0 radical (unpaired) electrons. The van der Waals surface area contributed by atoms with Gasteiger partial charge in [-0.3, -0.25) is 10.1 Å². The van der Waals surface area contributed by atoms with Crippen molar-refractivity contribution in [2.24, 2.45) is 0 Å². The summed E-state index contributed by atoms with van der Waals surface area (Å²) >= 11 is 1.49. The van der Waals surface area contributed by atoms with E-state index in [0.29, 0.717) is 11.3 Å².